The van der Waals surface area contributed by atoms with E-state index in [1.54, 1.807) is 29.1 Å². The number of benzene rings is 1. The molecule has 0 spiro atoms. The lowest BCUT2D eigenvalue weighted by atomic mass is 10.1. The van der Waals surface area contributed by atoms with Crippen molar-refractivity contribution < 1.29 is 18.3 Å². The number of aromatic nitrogens is 4. The molecule has 0 saturated carbocycles. The Balaban J connectivity index is 1.39. The van der Waals surface area contributed by atoms with Gasteiger partial charge in [0.05, 0.1) is 31.7 Å². The van der Waals surface area contributed by atoms with E-state index in [2.05, 4.69) is 15.0 Å². The molecule has 1 aliphatic heterocycles. The van der Waals surface area contributed by atoms with Gasteiger partial charge in [0.1, 0.15) is 18.2 Å². The molecule has 30 heavy (non-hydrogen) atoms. The van der Waals surface area contributed by atoms with Crippen LogP contribution in [0.3, 0.4) is 0 Å². The van der Waals surface area contributed by atoms with E-state index in [0.717, 1.165) is 5.56 Å². The topological polar surface area (TPSA) is 114 Å². The first kappa shape index (κ1) is 21.5. The summed E-state index contributed by atoms with van der Waals surface area (Å²) in [6.07, 6.45) is 2.62. The van der Waals surface area contributed by atoms with Gasteiger partial charge < -0.3 is 19.6 Å². The summed E-state index contributed by atoms with van der Waals surface area (Å²) >= 11 is 12.1. The van der Waals surface area contributed by atoms with Gasteiger partial charge in [-0.05, 0) is 30.7 Å². The summed E-state index contributed by atoms with van der Waals surface area (Å²) in [5, 5.41) is 0.980. The third-order valence-corrected chi connectivity index (χ3v) is 6.67. The van der Waals surface area contributed by atoms with Gasteiger partial charge in [-0.25, -0.2) is 15.0 Å². The van der Waals surface area contributed by atoms with Gasteiger partial charge in [0, 0.05) is 16.5 Å². The van der Waals surface area contributed by atoms with Crippen LogP contribution in [-0.4, -0.2) is 38.6 Å². The Morgan fingerprint density at radius 3 is 2.83 bits per heavy atom. The lowest BCUT2D eigenvalue weighted by molar-refractivity contribution is 0.0340. The van der Waals surface area contributed by atoms with Crippen molar-refractivity contribution >= 4 is 47.8 Å². The monoisotopic (exact) mass is 471 g/mol. The number of ether oxygens (including phenoxy) is 1. The first-order chi connectivity index (χ1) is 14.3. The summed E-state index contributed by atoms with van der Waals surface area (Å²) in [5.74, 6) is 0.313. The zero-order chi connectivity index (χ0) is 21.3. The van der Waals surface area contributed by atoms with Crippen LogP contribution in [0.2, 0.25) is 10.0 Å². The summed E-state index contributed by atoms with van der Waals surface area (Å²) in [7, 11) is -3.44. The number of halogens is 2. The highest BCUT2D eigenvalue weighted by Crippen LogP contribution is 2.56. The molecule has 4 rings (SSSR count). The van der Waals surface area contributed by atoms with E-state index >= 15 is 0 Å². The highest BCUT2D eigenvalue weighted by atomic mass is 35.5. The third-order valence-electron chi connectivity index (χ3n) is 4.61. The number of hydrogen-bond acceptors (Lipinski definition) is 8. The molecule has 2 unspecified atom stereocenters. The van der Waals surface area contributed by atoms with Crippen LogP contribution in [0.1, 0.15) is 25.0 Å². The molecule has 2 aromatic heterocycles. The van der Waals surface area contributed by atoms with Crippen LogP contribution in [0.25, 0.3) is 11.2 Å². The van der Waals surface area contributed by atoms with E-state index in [0.29, 0.717) is 40.0 Å². The van der Waals surface area contributed by atoms with E-state index in [1.807, 2.05) is 6.92 Å². The number of hydrogen-bond donors (Lipinski definition) is 1. The lowest BCUT2D eigenvalue weighted by Crippen LogP contribution is -2.21. The molecule has 0 radical (unpaired) electrons. The Bertz CT molecular complexity index is 1090. The summed E-state index contributed by atoms with van der Waals surface area (Å²) in [6.45, 7) is 2.56. The Hall–Kier alpha value is -1.74. The average Bonchev–Trinajstić information content (AvgIpc) is 3.10. The molecule has 1 saturated heterocycles. The zero-order valence-corrected chi connectivity index (χ0v) is 18.5. The van der Waals surface area contributed by atoms with Gasteiger partial charge in [-0.15, -0.1) is 0 Å². The smallest absolute Gasteiger partial charge is 0.356 e. The Morgan fingerprint density at radius 1 is 1.30 bits per heavy atom. The van der Waals surface area contributed by atoms with Crippen LogP contribution in [0, 0.1) is 0 Å². The molecule has 0 aliphatic carbocycles. The number of imidazole rings is 1. The quantitative estimate of drug-likeness (QED) is 0.524. The molecular formula is C18H20Cl2N5O4P. The van der Waals surface area contributed by atoms with Gasteiger partial charge in [0.2, 0.25) is 0 Å². The van der Waals surface area contributed by atoms with Gasteiger partial charge in [0.15, 0.2) is 11.5 Å². The van der Waals surface area contributed by atoms with Gasteiger partial charge in [-0.3, -0.25) is 9.09 Å². The first-order valence-electron chi connectivity index (χ1n) is 9.24. The Labute approximate surface area is 183 Å². The van der Waals surface area contributed by atoms with Gasteiger partial charge in [-0.1, -0.05) is 23.2 Å². The summed E-state index contributed by atoms with van der Waals surface area (Å²) in [5.41, 5.74) is 7.70. The van der Waals surface area contributed by atoms with Gasteiger partial charge >= 0.3 is 7.60 Å². The summed E-state index contributed by atoms with van der Waals surface area (Å²) in [6, 6.07) is 5.12. The SMILES string of the molecule is C[C@H](Cn1cnc2c(N)ncnc21)OCP1(=O)OCCC(c2cc(Cl)cc(Cl)c2)O1. The minimum absolute atomic E-state index is 0.178. The molecular weight excluding hydrogens is 452 g/mol. The van der Waals surface area contributed by atoms with Crippen molar-refractivity contribution in [2.45, 2.75) is 32.1 Å². The third kappa shape index (κ3) is 4.77. The van der Waals surface area contributed by atoms with Crippen LogP contribution < -0.4 is 5.73 Å². The van der Waals surface area contributed by atoms with Crippen LogP contribution in [0.4, 0.5) is 5.82 Å². The zero-order valence-electron chi connectivity index (χ0n) is 16.1. The molecule has 1 aliphatic rings. The van der Waals surface area contributed by atoms with Crippen LogP contribution >= 0.6 is 30.8 Å². The predicted molar refractivity (Wildman–Crippen MR) is 114 cm³/mol. The molecule has 0 amide bonds. The molecule has 160 valence electrons. The molecule has 3 atom stereocenters. The lowest BCUT2D eigenvalue weighted by Gasteiger charge is -2.30. The average molecular weight is 472 g/mol. The van der Waals surface area contributed by atoms with Crippen molar-refractivity contribution in [3.8, 4) is 0 Å². The van der Waals surface area contributed by atoms with Crippen LogP contribution in [0.15, 0.2) is 30.9 Å². The maximum Gasteiger partial charge on any atom is 0.356 e. The predicted octanol–water partition coefficient (Wildman–Crippen LogP) is 4.45. The van der Waals surface area contributed by atoms with Crippen molar-refractivity contribution in [2.24, 2.45) is 0 Å². The maximum absolute atomic E-state index is 13.1. The summed E-state index contributed by atoms with van der Waals surface area (Å²) < 4.78 is 31.8. The molecule has 2 N–H and O–H groups in total. The summed E-state index contributed by atoms with van der Waals surface area (Å²) in [4.78, 5) is 12.4. The number of anilines is 1. The number of rotatable bonds is 6. The molecule has 1 fully saturated rings. The fourth-order valence-electron chi connectivity index (χ4n) is 3.21. The fourth-order valence-corrected chi connectivity index (χ4v) is 5.39. The van der Waals surface area contributed by atoms with E-state index in [-0.39, 0.29) is 19.1 Å². The van der Waals surface area contributed by atoms with Crippen LogP contribution in [0.5, 0.6) is 0 Å². The van der Waals surface area contributed by atoms with Crippen molar-refractivity contribution in [3.05, 3.63) is 46.5 Å². The van der Waals surface area contributed by atoms with E-state index < -0.39 is 13.7 Å². The molecule has 1 aromatic carbocycles. The van der Waals surface area contributed by atoms with Gasteiger partial charge in [-0.2, -0.15) is 0 Å². The van der Waals surface area contributed by atoms with E-state index in [4.69, 9.17) is 42.7 Å². The number of fused-ring (bicyclic) bond motifs is 1. The molecule has 12 heteroatoms. The molecule has 3 aromatic rings. The van der Waals surface area contributed by atoms with Crippen molar-refractivity contribution in [1.29, 1.82) is 0 Å². The first-order valence-corrected chi connectivity index (χ1v) is 11.7. The second-order valence-electron chi connectivity index (χ2n) is 6.96. The van der Waals surface area contributed by atoms with Crippen molar-refractivity contribution in [1.82, 2.24) is 19.5 Å². The highest BCUT2D eigenvalue weighted by Gasteiger charge is 2.35. The standard InChI is InChI=1S/C18H20Cl2N5O4P/c1-11(7-25-9-24-16-17(21)22-8-23-18(16)25)27-10-30(26)28-3-2-15(29-30)12-4-13(19)6-14(20)5-12/h4-6,8-9,11,15H,2-3,7,10H2,1H3,(H2,21,22,23)/t11-,15?,30?/m1/s1. The normalized spacial score (nSPS) is 23.0. The van der Waals surface area contributed by atoms with Crippen molar-refractivity contribution in [2.75, 3.05) is 18.7 Å². The Morgan fingerprint density at radius 2 is 2.07 bits per heavy atom. The maximum atomic E-state index is 13.1. The van der Waals surface area contributed by atoms with Crippen molar-refractivity contribution in [3.63, 3.8) is 0 Å². The number of nitrogen functional groups attached to an aromatic ring is 1. The van der Waals surface area contributed by atoms with Gasteiger partial charge in [0.25, 0.3) is 0 Å². The second kappa shape index (κ2) is 8.78. The molecule has 0 bridgehead atoms. The Kier molecular flexibility index (Phi) is 6.29. The number of nitrogens with zero attached hydrogens (tertiary/aromatic N) is 4. The minimum atomic E-state index is -3.44. The minimum Gasteiger partial charge on any atom is -0.382 e. The van der Waals surface area contributed by atoms with E-state index in [9.17, 15) is 4.57 Å². The highest BCUT2D eigenvalue weighted by molar-refractivity contribution is 7.53. The molecule has 9 nitrogen and oxygen atoms in total. The molecule has 3 heterocycles. The van der Waals surface area contributed by atoms with Crippen LogP contribution in [-0.2, 0) is 24.9 Å². The number of nitrogens with two attached hydrogens (primary N) is 1. The van der Waals surface area contributed by atoms with E-state index in [1.165, 1.54) is 6.33 Å². The largest absolute Gasteiger partial charge is 0.382 e. The fraction of sp³-hybridized carbons (Fsp3) is 0.389. The second-order valence-corrected chi connectivity index (χ2v) is 9.79.